The molecule has 22 heavy (non-hydrogen) atoms. The van der Waals surface area contributed by atoms with E-state index in [1.54, 1.807) is 0 Å². The van der Waals surface area contributed by atoms with E-state index in [1.165, 1.54) is 17.0 Å². The maximum absolute atomic E-state index is 12.2. The Kier molecular flexibility index (Phi) is 4.01. The number of amides is 1. The van der Waals surface area contributed by atoms with Crippen molar-refractivity contribution in [2.75, 3.05) is 18.4 Å². The molecule has 0 unspecified atom stereocenters. The molecule has 2 aromatic heterocycles. The van der Waals surface area contributed by atoms with Gasteiger partial charge in [0.25, 0.3) is 0 Å². The van der Waals surface area contributed by atoms with E-state index in [9.17, 15) is 4.79 Å². The van der Waals surface area contributed by atoms with Crippen LogP contribution in [0.25, 0.3) is 0 Å². The summed E-state index contributed by atoms with van der Waals surface area (Å²) in [5.41, 5.74) is 3.29. The average molecular weight is 319 g/mol. The summed E-state index contributed by atoms with van der Waals surface area (Å²) in [6, 6.07) is 0. The maximum atomic E-state index is 12.2. The first-order chi connectivity index (χ1) is 10.4. The first-order valence-corrected chi connectivity index (χ1v) is 8.24. The number of thiazole rings is 1. The quantitative estimate of drug-likeness (QED) is 0.940. The van der Waals surface area contributed by atoms with Gasteiger partial charge >= 0.3 is 0 Å². The number of fused-ring (bicyclic) bond motifs is 1. The maximum Gasteiger partial charge on any atom is 0.240 e. The van der Waals surface area contributed by atoms with E-state index >= 15 is 0 Å². The van der Waals surface area contributed by atoms with Crippen LogP contribution in [-0.2, 0) is 17.9 Å². The van der Waals surface area contributed by atoms with E-state index in [-0.39, 0.29) is 5.91 Å². The van der Waals surface area contributed by atoms with Crippen molar-refractivity contribution in [1.29, 1.82) is 0 Å². The minimum atomic E-state index is -0.0119. The molecule has 6 nitrogen and oxygen atoms in total. The van der Waals surface area contributed by atoms with Crippen molar-refractivity contribution in [3.8, 4) is 0 Å². The third-order valence-corrected chi connectivity index (χ3v) is 5.17. The fourth-order valence-electron chi connectivity index (χ4n) is 2.68. The number of hydrogen-bond donors (Lipinski definition) is 1. The molecule has 0 aliphatic carbocycles. The van der Waals surface area contributed by atoms with Gasteiger partial charge in [-0.15, -0.1) is 11.3 Å². The molecule has 1 aliphatic rings. The minimum Gasteiger partial charge on any atom is -0.330 e. The topological polar surface area (TPSA) is 63.1 Å². The van der Waals surface area contributed by atoms with E-state index in [0.717, 1.165) is 41.7 Å². The van der Waals surface area contributed by atoms with Crippen molar-refractivity contribution in [3.63, 3.8) is 0 Å². The molecule has 118 valence electrons. The van der Waals surface area contributed by atoms with Gasteiger partial charge in [0.05, 0.1) is 24.5 Å². The van der Waals surface area contributed by atoms with Crippen molar-refractivity contribution >= 4 is 22.4 Å². The second-order valence-electron chi connectivity index (χ2n) is 5.77. The van der Waals surface area contributed by atoms with Crippen LogP contribution in [0.1, 0.15) is 27.8 Å². The lowest BCUT2D eigenvalue weighted by Gasteiger charge is -2.27. The second-order valence-corrected chi connectivity index (χ2v) is 6.97. The highest BCUT2D eigenvalue weighted by molar-refractivity contribution is 7.15. The Hall–Kier alpha value is -1.73. The van der Waals surface area contributed by atoms with Gasteiger partial charge < -0.3 is 9.88 Å². The first-order valence-electron chi connectivity index (χ1n) is 7.43. The smallest absolute Gasteiger partial charge is 0.240 e. The van der Waals surface area contributed by atoms with Gasteiger partial charge in [0, 0.05) is 23.7 Å². The van der Waals surface area contributed by atoms with Crippen LogP contribution in [-0.4, -0.2) is 38.4 Å². The van der Waals surface area contributed by atoms with Crippen LogP contribution in [0.3, 0.4) is 0 Å². The Labute approximate surface area is 134 Å². The lowest BCUT2D eigenvalue weighted by molar-refractivity contribution is -0.117. The van der Waals surface area contributed by atoms with Gasteiger partial charge in [0.15, 0.2) is 5.13 Å². The highest BCUT2D eigenvalue weighted by Gasteiger charge is 2.22. The standard InChI is InChI=1S/C15H21N5OS/c1-9-11(3)20-6-5-19(7-13(20)16-9)8-14(21)18-15-17-10(2)12(4)22-15/h5-8H2,1-4H3,(H,17,18,21). The molecule has 1 N–H and O–H groups in total. The zero-order valence-corrected chi connectivity index (χ0v) is 14.3. The molecule has 0 radical (unpaired) electrons. The normalized spacial score (nSPS) is 14.9. The summed E-state index contributed by atoms with van der Waals surface area (Å²) < 4.78 is 2.25. The monoisotopic (exact) mass is 319 g/mol. The molecule has 0 bridgehead atoms. The number of imidazole rings is 1. The molecule has 0 spiro atoms. The number of nitrogens with zero attached hydrogens (tertiary/aromatic N) is 4. The third-order valence-electron chi connectivity index (χ3n) is 4.18. The van der Waals surface area contributed by atoms with Gasteiger partial charge in [-0.2, -0.15) is 0 Å². The van der Waals surface area contributed by atoms with Gasteiger partial charge in [0.2, 0.25) is 5.91 Å². The van der Waals surface area contributed by atoms with Gasteiger partial charge in [-0.1, -0.05) is 0 Å². The number of aromatic nitrogens is 3. The third kappa shape index (κ3) is 2.91. The van der Waals surface area contributed by atoms with Gasteiger partial charge in [-0.05, 0) is 27.7 Å². The molecule has 0 fully saturated rings. The van der Waals surface area contributed by atoms with Gasteiger partial charge in [-0.3, -0.25) is 9.69 Å². The summed E-state index contributed by atoms with van der Waals surface area (Å²) in [6.07, 6.45) is 0. The number of aryl methyl sites for hydroxylation is 3. The fraction of sp³-hybridized carbons (Fsp3) is 0.533. The lowest BCUT2D eigenvalue weighted by atomic mass is 10.3. The van der Waals surface area contributed by atoms with Crippen LogP contribution in [0.2, 0.25) is 0 Å². The zero-order valence-electron chi connectivity index (χ0n) is 13.4. The second kappa shape index (κ2) is 5.81. The van der Waals surface area contributed by atoms with Crippen molar-refractivity contribution < 1.29 is 4.79 Å². The Morgan fingerprint density at radius 1 is 1.18 bits per heavy atom. The highest BCUT2D eigenvalue weighted by Crippen LogP contribution is 2.21. The lowest BCUT2D eigenvalue weighted by Crippen LogP contribution is -2.39. The average Bonchev–Trinajstić information content (AvgIpc) is 2.90. The number of carbonyl (C=O) groups excluding carboxylic acids is 1. The molecule has 3 rings (SSSR count). The van der Waals surface area contributed by atoms with Crippen molar-refractivity contribution in [1.82, 2.24) is 19.4 Å². The Bertz CT molecular complexity index is 698. The van der Waals surface area contributed by atoms with Crippen LogP contribution in [0.15, 0.2) is 0 Å². The van der Waals surface area contributed by atoms with E-state index in [1.807, 2.05) is 20.8 Å². The number of hydrogen-bond acceptors (Lipinski definition) is 5. The van der Waals surface area contributed by atoms with Crippen LogP contribution in [0.4, 0.5) is 5.13 Å². The Balaban J connectivity index is 1.61. The van der Waals surface area contributed by atoms with E-state index in [2.05, 4.69) is 31.7 Å². The summed E-state index contributed by atoms with van der Waals surface area (Å²) >= 11 is 1.52. The van der Waals surface area contributed by atoms with Crippen molar-refractivity contribution in [2.24, 2.45) is 0 Å². The SMILES string of the molecule is Cc1nc(NC(=O)CN2CCn3c(nc(C)c3C)C2)sc1C. The number of nitrogens with one attached hydrogen (secondary N) is 1. The molecule has 0 atom stereocenters. The van der Waals surface area contributed by atoms with Crippen LogP contribution >= 0.6 is 11.3 Å². The zero-order chi connectivity index (χ0) is 15.9. The van der Waals surface area contributed by atoms with Crippen LogP contribution in [0, 0.1) is 27.7 Å². The molecule has 1 amide bonds. The first kappa shape index (κ1) is 15.2. The predicted molar refractivity (Wildman–Crippen MR) is 87.2 cm³/mol. The van der Waals surface area contributed by atoms with Gasteiger partial charge in [0.1, 0.15) is 5.82 Å². The van der Waals surface area contributed by atoms with Crippen LogP contribution in [0.5, 0.6) is 0 Å². The van der Waals surface area contributed by atoms with E-state index in [0.29, 0.717) is 11.7 Å². The molecule has 7 heteroatoms. The minimum absolute atomic E-state index is 0.0119. The van der Waals surface area contributed by atoms with E-state index < -0.39 is 0 Å². The summed E-state index contributed by atoms with van der Waals surface area (Å²) in [7, 11) is 0. The molecule has 0 saturated heterocycles. The largest absolute Gasteiger partial charge is 0.330 e. The van der Waals surface area contributed by atoms with Crippen molar-refractivity contribution in [3.05, 3.63) is 27.8 Å². The highest BCUT2D eigenvalue weighted by atomic mass is 32.1. The Morgan fingerprint density at radius 2 is 1.95 bits per heavy atom. The Morgan fingerprint density at radius 3 is 2.64 bits per heavy atom. The molecule has 0 aromatic carbocycles. The summed E-state index contributed by atoms with van der Waals surface area (Å²) in [6.45, 7) is 11.0. The molecule has 3 heterocycles. The molecular formula is C15H21N5OS. The molecule has 0 saturated carbocycles. The van der Waals surface area contributed by atoms with Crippen molar-refractivity contribution in [2.45, 2.75) is 40.8 Å². The summed E-state index contributed by atoms with van der Waals surface area (Å²) in [5.74, 6) is 1.04. The molecule has 1 aliphatic heterocycles. The number of carbonyl (C=O) groups is 1. The molecular weight excluding hydrogens is 298 g/mol. The molecule has 2 aromatic rings. The van der Waals surface area contributed by atoms with Gasteiger partial charge in [-0.25, -0.2) is 9.97 Å². The van der Waals surface area contributed by atoms with E-state index in [4.69, 9.17) is 0 Å². The summed E-state index contributed by atoms with van der Waals surface area (Å²) in [5, 5.41) is 3.58. The van der Waals surface area contributed by atoms with Crippen LogP contribution < -0.4 is 5.32 Å². The summed E-state index contributed by atoms with van der Waals surface area (Å²) in [4.78, 5) is 24.4. The predicted octanol–water partition coefficient (Wildman–Crippen LogP) is 2.03. The number of rotatable bonds is 3. The fourth-order valence-corrected chi connectivity index (χ4v) is 3.52. The number of anilines is 1.